The Morgan fingerprint density at radius 1 is 0.905 bits per heavy atom. The summed E-state index contributed by atoms with van der Waals surface area (Å²) >= 11 is 0. The third-order valence-electron chi connectivity index (χ3n) is 4.45. The topological polar surface area (TPSA) is 17.1 Å². The van der Waals surface area contributed by atoms with E-state index in [1.165, 1.54) is 64.2 Å². The maximum atomic E-state index is 11.9. The van der Waals surface area contributed by atoms with Gasteiger partial charge in [0, 0.05) is 11.5 Å². The van der Waals surface area contributed by atoms with Crippen LogP contribution in [0.15, 0.2) is 23.8 Å². The highest BCUT2D eigenvalue weighted by Crippen LogP contribution is 2.27. The molecule has 1 unspecified atom stereocenters. The van der Waals surface area contributed by atoms with Gasteiger partial charge < -0.3 is 0 Å². The number of allylic oxidation sites excluding steroid dienone is 4. The van der Waals surface area contributed by atoms with Crippen LogP contribution in [0, 0.1) is 5.92 Å². The Bertz CT molecular complexity index is 338. The van der Waals surface area contributed by atoms with E-state index < -0.39 is 0 Å². The van der Waals surface area contributed by atoms with Crippen LogP contribution < -0.4 is 0 Å². The summed E-state index contributed by atoms with van der Waals surface area (Å²) < 4.78 is 0. The van der Waals surface area contributed by atoms with Crippen molar-refractivity contribution in [1.29, 1.82) is 0 Å². The molecule has 0 radical (unpaired) electrons. The Morgan fingerprint density at radius 2 is 1.52 bits per heavy atom. The molecule has 0 aromatic rings. The summed E-state index contributed by atoms with van der Waals surface area (Å²) in [6.07, 6.45) is 21.5. The minimum Gasteiger partial charge on any atom is -0.290 e. The molecule has 1 atom stereocenters. The van der Waals surface area contributed by atoms with Gasteiger partial charge in [0.2, 0.25) is 0 Å². The fourth-order valence-corrected chi connectivity index (χ4v) is 3.06. The van der Waals surface area contributed by atoms with E-state index in [0.29, 0.717) is 5.92 Å². The van der Waals surface area contributed by atoms with E-state index in [0.717, 1.165) is 18.4 Å². The normalized spacial score (nSPS) is 19.8. The first-order chi connectivity index (χ1) is 10.3. The second-order valence-corrected chi connectivity index (χ2v) is 6.40. The Labute approximate surface area is 131 Å². The summed E-state index contributed by atoms with van der Waals surface area (Å²) in [5, 5.41) is 0. The number of carbonyl (C=O) groups is 1. The lowest BCUT2D eigenvalue weighted by molar-refractivity contribution is -0.111. The molecule has 0 fully saturated rings. The van der Waals surface area contributed by atoms with Crippen molar-refractivity contribution in [2.45, 2.75) is 90.9 Å². The Kier molecular flexibility index (Phi) is 10.2. The van der Waals surface area contributed by atoms with Crippen LogP contribution in [0.2, 0.25) is 0 Å². The van der Waals surface area contributed by atoms with E-state index in [1.54, 1.807) is 6.08 Å². The Morgan fingerprint density at radius 3 is 2.24 bits per heavy atom. The summed E-state index contributed by atoms with van der Waals surface area (Å²) in [5.74, 6) is 0.677. The first-order valence-corrected chi connectivity index (χ1v) is 9.22. The predicted molar refractivity (Wildman–Crippen MR) is 92.5 cm³/mol. The molecule has 0 amide bonds. The summed E-state index contributed by atoms with van der Waals surface area (Å²) in [7, 11) is 0. The standard InChI is InChI=1S/C20H34O/c1-3-5-7-9-11-12-14-18-16-17-20(21)19(18)15-13-10-8-6-4-2/h15-18H,3-14H2,1-2H3/b19-15-. The van der Waals surface area contributed by atoms with E-state index in [9.17, 15) is 4.79 Å². The van der Waals surface area contributed by atoms with Crippen molar-refractivity contribution < 1.29 is 4.79 Å². The summed E-state index contributed by atoms with van der Waals surface area (Å²) in [6, 6.07) is 0. The zero-order valence-corrected chi connectivity index (χ0v) is 14.2. The minimum absolute atomic E-state index is 0.265. The molecule has 21 heavy (non-hydrogen) atoms. The molecule has 0 saturated carbocycles. The number of unbranched alkanes of at least 4 members (excludes halogenated alkanes) is 9. The van der Waals surface area contributed by atoms with Gasteiger partial charge in [0.1, 0.15) is 0 Å². The molecular weight excluding hydrogens is 256 g/mol. The first-order valence-electron chi connectivity index (χ1n) is 9.22. The van der Waals surface area contributed by atoms with Crippen molar-refractivity contribution in [2.75, 3.05) is 0 Å². The van der Waals surface area contributed by atoms with Crippen LogP contribution in [-0.2, 0) is 4.79 Å². The molecule has 1 nitrogen and oxygen atoms in total. The van der Waals surface area contributed by atoms with E-state index in [4.69, 9.17) is 0 Å². The van der Waals surface area contributed by atoms with Crippen molar-refractivity contribution in [3.63, 3.8) is 0 Å². The van der Waals surface area contributed by atoms with Crippen LogP contribution in [0.1, 0.15) is 90.9 Å². The van der Waals surface area contributed by atoms with Gasteiger partial charge in [-0.05, 0) is 25.3 Å². The molecule has 0 aromatic heterocycles. The molecule has 0 saturated heterocycles. The molecule has 0 heterocycles. The predicted octanol–water partition coefficient (Wildman–Crippen LogP) is 6.39. The zero-order chi connectivity index (χ0) is 15.3. The molecule has 0 bridgehead atoms. The molecule has 1 aliphatic carbocycles. The molecule has 0 spiro atoms. The molecule has 0 N–H and O–H groups in total. The third kappa shape index (κ3) is 7.64. The number of hydrogen-bond acceptors (Lipinski definition) is 1. The van der Waals surface area contributed by atoms with E-state index in [2.05, 4.69) is 26.0 Å². The van der Waals surface area contributed by atoms with Gasteiger partial charge in [-0.15, -0.1) is 0 Å². The van der Waals surface area contributed by atoms with Gasteiger partial charge in [0.15, 0.2) is 5.78 Å². The first kappa shape index (κ1) is 18.2. The summed E-state index contributed by atoms with van der Waals surface area (Å²) in [6.45, 7) is 4.49. The fourth-order valence-electron chi connectivity index (χ4n) is 3.06. The van der Waals surface area contributed by atoms with E-state index in [1.807, 2.05) is 0 Å². The van der Waals surface area contributed by atoms with Gasteiger partial charge in [-0.25, -0.2) is 0 Å². The number of carbonyl (C=O) groups excluding carboxylic acids is 1. The SMILES string of the molecule is CCCCCC/C=C1\C(=O)C=CC1CCCCCCCC. The molecule has 0 aliphatic heterocycles. The molecular formula is C20H34O. The van der Waals surface area contributed by atoms with E-state index >= 15 is 0 Å². The van der Waals surface area contributed by atoms with Gasteiger partial charge in [0.05, 0.1) is 0 Å². The average Bonchev–Trinajstić information content (AvgIpc) is 2.83. The van der Waals surface area contributed by atoms with Gasteiger partial charge in [-0.3, -0.25) is 4.79 Å². The Balaban J connectivity index is 2.23. The van der Waals surface area contributed by atoms with Crippen LogP contribution in [-0.4, -0.2) is 5.78 Å². The van der Waals surface area contributed by atoms with Crippen LogP contribution in [0.4, 0.5) is 0 Å². The lowest BCUT2D eigenvalue weighted by Gasteiger charge is -2.10. The third-order valence-corrected chi connectivity index (χ3v) is 4.45. The molecule has 1 heteroatoms. The van der Waals surface area contributed by atoms with Crippen molar-refractivity contribution in [2.24, 2.45) is 5.92 Å². The van der Waals surface area contributed by atoms with Gasteiger partial charge in [0.25, 0.3) is 0 Å². The number of ketones is 1. The molecule has 0 aromatic carbocycles. The minimum atomic E-state index is 0.265. The average molecular weight is 290 g/mol. The van der Waals surface area contributed by atoms with Gasteiger partial charge >= 0.3 is 0 Å². The highest BCUT2D eigenvalue weighted by atomic mass is 16.1. The van der Waals surface area contributed by atoms with Crippen LogP contribution in [0.5, 0.6) is 0 Å². The number of rotatable bonds is 12. The largest absolute Gasteiger partial charge is 0.290 e. The van der Waals surface area contributed by atoms with Gasteiger partial charge in [-0.2, -0.15) is 0 Å². The zero-order valence-electron chi connectivity index (χ0n) is 14.2. The van der Waals surface area contributed by atoms with E-state index in [-0.39, 0.29) is 5.78 Å². The highest BCUT2D eigenvalue weighted by molar-refractivity contribution is 6.07. The van der Waals surface area contributed by atoms with Crippen molar-refractivity contribution in [3.8, 4) is 0 Å². The smallest absolute Gasteiger partial charge is 0.181 e. The Hall–Kier alpha value is -0.850. The molecule has 1 rings (SSSR count). The van der Waals surface area contributed by atoms with Crippen molar-refractivity contribution >= 4 is 5.78 Å². The van der Waals surface area contributed by atoms with Crippen LogP contribution in [0.25, 0.3) is 0 Å². The van der Waals surface area contributed by atoms with Crippen LogP contribution >= 0.6 is 0 Å². The maximum Gasteiger partial charge on any atom is 0.181 e. The second-order valence-electron chi connectivity index (χ2n) is 6.40. The molecule has 120 valence electrons. The van der Waals surface area contributed by atoms with Crippen molar-refractivity contribution in [1.82, 2.24) is 0 Å². The number of hydrogen-bond donors (Lipinski definition) is 0. The summed E-state index contributed by atoms with van der Waals surface area (Å²) in [5.41, 5.74) is 1.08. The fraction of sp³-hybridized carbons (Fsp3) is 0.750. The van der Waals surface area contributed by atoms with Crippen molar-refractivity contribution in [3.05, 3.63) is 23.8 Å². The lowest BCUT2D eigenvalue weighted by atomic mass is 9.94. The highest BCUT2D eigenvalue weighted by Gasteiger charge is 2.21. The maximum absolute atomic E-state index is 11.9. The monoisotopic (exact) mass is 290 g/mol. The molecule has 1 aliphatic rings. The quantitative estimate of drug-likeness (QED) is 0.301. The van der Waals surface area contributed by atoms with Crippen LogP contribution in [0.3, 0.4) is 0 Å². The van der Waals surface area contributed by atoms with Gasteiger partial charge in [-0.1, -0.05) is 83.8 Å². The summed E-state index contributed by atoms with van der Waals surface area (Å²) in [4.78, 5) is 11.9. The second kappa shape index (κ2) is 11.8. The lowest BCUT2D eigenvalue weighted by Crippen LogP contribution is -2.03.